The van der Waals surface area contributed by atoms with Crippen molar-refractivity contribution in [2.24, 2.45) is 0 Å². The number of carboxylic acids is 1. The second-order valence-electron chi connectivity index (χ2n) is 6.45. The van der Waals surface area contributed by atoms with Crippen LogP contribution >= 0.6 is 0 Å². The Bertz CT molecular complexity index is 1160. The highest BCUT2D eigenvalue weighted by molar-refractivity contribution is 7.74. The number of hydrogen-bond donors (Lipinski definition) is 2. The zero-order chi connectivity index (χ0) is 21.7. The number of aromatic carboxylic acids is 1. The van der Waals surface area contributed by atoms with Gasteiger partial charge in [-0.25, -0.2) is 13.2 Å². The monoisotopic (exact) mass is 429 g/mol. The highest BCUT2D eigenvalue weighted by atomic mass is 32.2. The Kier molecular flexibility index (Phi) is 6.53. The molecule has 0 radical (unpaired) electrons. The van der Waals surface area contributed by atoms with Gasteiger partial charge in [0.15, 0.2) is 0 Å². The smallest absolute Gasteiger partial charge is 0.375 e. The zero-order valence-corrected chi connectivity index (χ0v) is 16.9. The number of nitrogens with zero attached hydrogens (tertiary/aromatic N) is 1. The van der Waals surface area contributed by atoms with Crippen molar-refractivity contribution in [3.05, 3.63) is 93.5 Å². The van der Waals surface area contributed by atoms with Gasteiger partial charge in [0.05, 0.1) is 12.2 Å². The van der Waals surface area contributed by atoms with Crippen LogP contribution in [0.1, 0.15) is 27.4 Å². The lowest BCUT2D eigenvalue weighted by Crippen LogP contribution is -2.22. The Labute approximate surface area is 174 Å². The molecule has 9 heteroatoms. The molecule has 0 unspecified atom stereocenters. The van der Waals surface area contributed by atoms with Gasteiger partial charge in [0, 0.05) is 6.07 Å². The van der Waals surface area contributed by atoms with E-state index in [9.17, 15) is 23.1 Å². The van der Waals surface area contributed by atoms with Gasteiger partial charge in [-0.3, -0.25) is 9.10 Å². The second-order valence-corrected chi connectivity index (χ2v) is 7.40. The minimum absolute atomic E-state index is 0.0207. The number of carbonyl (C=O) groups is 1. The molecule has 30 heavy (non-hydrogen) atoms. The Morgan fingerprint density at radius 2 is 1.77 bits per heavy atom. The molecule has 8 nitrogen and oxygen atoms in total. The van der Waals surface area contributed by atoms with Gasteiger partial charge in [-0.1, -0.05) is 48.0 Å². The summed E-state index contributed by atoms with van der Waals surface area (Å²) in [4.78, 5) is 24.1. The van der Waals surface area contributed by atoms with Gasteiger partial charge in [-0.05, 0) is 24.6 Å². The van der Waals surface area contributed by atoms with Crippen molar-refractivity contribution in [1.29, 1.82) is 0 Å². The molecule has 3 rings (SSSR count). The maximum atomic E-state index is 12.5. The predicted molar refractivity (Wildman–Crippen MR) is 110 cm³/mol. The quantitative estimate of drug-likeness (QED) is 0.529. The number of benzene rings is 2. The van der Waals surface area contributed by atoms with Crippen LogP contribution in [0.15, 0.2) is 69.9 Å². The number of carboxylic acid groups (broad SMARTS) is 1. The minimum Gasteiger partial charge on any atom is -0.481 e. The van der Waals surface area contributed by atoms with Crippen molar-refractivity contribution in [3.8, 4) is 5.75 Å². The fraction of sp³-hybridized carbons (Fsp3) is 0.143. The third kappa shape index (κ3) is 5.06. The molecule has 0 aliphatic heterocycles. The van der Waals surface area contributed by atoms with Crippen LogP contribution in [0.2, 0.25) is 0 Å². The molecule has 0 spiro atoms. The molecule has 3 aromatic rings. The maximum absolute atomic E-state index is 12.5. The van der Waals surface area contributed by atoms with Crippen molar-refractivity contribution >= 4 is 22.5 Å². The van der Waals surface area contributed by atoms with Gasteiger partial charge < -0.3 is 14.3 Å². The van der Waals surface area contributed by atoms with Crippen LogP contribution in [0.4, 0.5) is 5.69 Å². The first-order chi connectivity index (χ1) is 14.3. The number of hydrogen-bond acceptors (Lipinski definition) is 6. The Morgan fingerprint density at radius 3 is 2.37 bits per heavy atom. The van der Waals surface area contributed by atoms with E-state index in [1.54, 1.807) is 48.5 Å². The van der Waals surface area contributed by atoms with E-state index >= 15 is 0 Å². The van der Waals surface area contributed by atoms with E-state index in [0.29, 0.717) is 5.69 Å². The first-order valence-electron chi connectivity index (χ1n) is 8.90. The van der Waals surface area contributed by atoms with E-state index in [1.807, 2.05) is 13.0 Å². The summed E-state index contributed by atoms with van der Waals surface area (Å²) in [6.45, 7) is 1.50. The average molecular weight is 429 g/mol. The Morgan fingerprint density at radius 1 is 1.10 bits per heavy atom. The number of aryl methyl sites for hydroxylation is 1. The summed E-state index contributed by atoms with van der Waals surface area (Å²) in [6.07, 6.45) is 0. The molecule has 0 aliphatic rings. The lowest BCUT2D eigenvalue weighted by Gasteiger charge is -2.18. The fourth-order valence-corrected chi connectivity index (χ4v) is 3.30. The van der Waals surface area contributed by atoms with Crippen LogP contribution in [-0.2, 0) is 24.0 Å². The molecule has 0 atom stereocenters. The standard InChI is InChI=1S/C21H19NO7S/c1-14-7-9-16(10-8-14)22(30(26)27)12-17-11-18(23)19(20(29-17)21(24)25)28-13-15-5-3-2-4-6-15/h2-11,30H,12-13H2,1H3,(H,24,25). The third-order valence-corrected chi connectivity index (χ3v) is 4.98. The van der Waals surface area contributed by atoms with Gasteiger partial charge in [-0.2, -0.15) is 0 Å². The van der Waals surface area contributed by atoms with Gasteiger partial charge >= 0.3 is 5.97 Å². The van der Waals surface area contributed by atoms with Crippen molar-refractivity contribution < 1.29 is 27.5 Å². The maximum Gasteiger partial charge on any atom is 0.375 e. The topological polar surface area (TPSA) is 114 Å². The SMILES string of the molecule is Cc1ccc(N(Cc2cc(=O)c(OCc3ccccc3)c(C(=O)O)o2)[SH](=O)=O)cc1. The van der Waals surface area contributed by atoms with Crippen LogP contribution < -0.4 is 14.5 Å². The van der Waals surface area contributed by atoms with Gasteiger partial charge in [0.1, 0.15) is 12.4 Å². The van der Waals surface area contributed by atoms with E-state index in [-0.39, 0.29) is 18.9 Å². The second kappa shape index (κ2) is 9.27. The number of ether oxygens (including phenoxy) is 1. The summed E-state index contributed by atoms with van der Waals surface area (Å²) in [7, 11) is -3.06. The van der Waals surface area contributed by atoms with Crippen LogP contribution in [0.25, 0.3) is 0 Å². The molecule has 0 fully saturated rings. The summed E-state index contributed by atoms with van der Waals surface area (Å²) < 4.78 is 35.2. The molecule has 0 amide bonds. The molecule has 0 saturated heterocycles. The molecule has 0 saturated carbocycles. The zero-order valence-electron chi connectivity index (χ0n) is 16.0. The predicted octanol–water partition coefficient (Wildman–Crippen LogP) is 2.76. The number of anilines is 1. The van der Waals surface area contributed by atoms with Crippen LogP contribution in [0.5, 0.6) is 5.75 Å². The van der Waals surface area contributed by atoms with E-state index in [2.05, 4.69) is 0 Å². The van der Waals surface area contributed by atoms with Crippen LogP contribution in [0, 0.1) is 6.92 Å². The Hall–Kier alpha value is -3.59. The summed E-state index contributed by atoms with van der Waals surface area (Å²) in [5.74, 6) is -2.74. The average Bonchev–Trinajstić information content (AvgIpc) is 2.72. The largest absolute Gasteiger partial charge is 0.481 e. The molecular weight excluding hydrogens is 410 g/mol. The molecule has 1 heterocycles. The van der Waals surface area contributed by atoms with Crippen molar-refractivity contribution in [3.63, 3.8) is 0 Å². The van der Waals surface area contributed by atoms with E-state index in [4.69, 9.17) is 9.15 Å². The Balaban J connectivity index is 1.91. The van der Waals surface area contributed by atoms with Crippen molar-refractivity contribution in [2.45, 2.75) is 20.1 Å². The fourth-order valence-electron chi connectivity index (χ4n) is 2.72. The van der Waals surface area contributed by atoms with Crippen molar-refractivity contribution in [2.75, 3.05) is 4.31 Å². The summed E-state index contributed by atoms with van der Waals surface area (Å²) in [6, 6.07) is 16.6. The highest BCUT2D eigenvalue weighted by Crippen LogP contribution is 2.21. The summed E-state index contributed by atoms with van der Waals surface area (Å²) in [5.41, 5.74) is 1.33. The van der Waals surface area contributed by atoms with Crippen LogP contribution in [0.3, 0.4) is 0 Å². The van der Waals surface area contributed by atoms with Crippen LogP contribution in [-0.4, -0.2) is 19.5 Å². The molecule has 0 aliphatic carbocycles. The first kappa shape index (κ1) is 21.1. The lowest BCUT2D eigenvalue weighted by atomic mass is 10.2. The molecule has 156 valence electrons. The lowest BCUT2D eigenvalue weighted by molar-refractivity contribution is 0.0647. The molecule has 0 bridgehead atoms. The molecular formula is C21H19NO7S. The molecule has 1 N–H and O–H groups in total. The number of thiol groups is 1. The van der Waals surface area contributed by atoms with Crippen molar-refractivity contribution in [1.82, 2.24) is 0 Å². The minimum atomic E-state index is -3.06. The molecule has 2 aromatic carbocycles. The molecule has 1 aromatic heterocycles. The normalized spacial score (nSPS) is 10.7. The third-order valence-electron chi connectivity index (χ3n) is 4.21. The first-order valence-corrected chi connectivity index (χ1v) is 10.0. The van der Waals surface area contributed by atoms with Gasteiger partial charge in [0.25, 0.3) is 5.76 Å². The summed E-state index contributed by atoms with van der Waals surface area (Å²) >= 11 is 0. The van der Waals surface area contributed by atoms with Gasteiger partial charge in [-0.15, -0.1) is 0 Å². The van der Waals surface area contributed by atoms with E-state index in [1.165, 1.54) is 0 Å². The van der Waals surface area contributed by atoms with E-state index in [0.717, 1.165) is 21.5 Å². The number of rotatable bonds is 8. The summed E-state index contributed by atoms with van der Waals surface area (Å²) in [5, 5.41) is 9.46. The van der Waals surface area contributed by atoms with E-state index < -0.39 is 33.8 Å². The highest BCUT2D eigenvalue weighted by Gasteiger charge is 2.22. The van der Waals surface area contributed by atoms with Gasteiger partial charge in [0.2, 0.25) is 22.1 Å².